The van der Waals surface area contributed by atoms with Crippen LogP contribution in [0.25, 0.3) is 0 Å². The molecule has 0 aliphatic heterocycles. The van der Waals surface area contributed by atoms with E-state index in [-0.39, 0.29) is 6.04 Å². The minimum atomic E-state index is -0.499. The molecule has 0 aromatic carbocycles. The van der Waals surface area contributed by atoms with Crippen LogP contribution in [0.15, 0.2) is 12.5 Å². The molecule has 1 heterocycles. The maximum absolute atomic E-state index is 11.7. The van der Waals surface area contributed by atoms with Crippen molar-refractivity contribution in [3.8, 4) is 0 Å². The summed E-state index contributed by atoms with van der Waals surface area (Å²) in [5, 5.41) is 2.76. The quantitative estimate of drug-likeness (QED) is 0.877. The second-order valence-electron chi connectivity index (χ2n) is 6.41. The summed E-state index contributed by atoms with van der Waals surface area (Å²) in [4.78, 5) is 15.9. The molecule has 21 heavy (non-hydrogen) atoms. The van der Waals surface area contributed by atoms with E-state index in [1.165, 1.54) is 0 Å². The summed E-state index contributed by atoms with van der Waals surface area (Å²) in [7, 11) is 1.69. The number of alkyl carbamates (subject to hydrolysis) is 1. The molecule has 120 valence electrons. The molecule has 6 heteroatoms. The smallest absolute Gasteiger partial charge is 0.407 e. The minimum Gasteiger partial charge on any atom is -0.444 e. The Morgan fingerprint density at radius 1 is 1.43 bits per heavy atom. The van der Waals surface area contributed by atoms with Gasteiger partial charge >= 0.3 is 6.09 Å². The molecular formula is C15H27N3O3. The largest absolute Gasteiger partial charge is 0.444 e. The number of hydrogen-bond donors (Lipinski definition) is 1. The Morgan fingerprint density at radius 2 is 2.10 bits per heavy atom. The minimum absolute atomic E-state index is 0.188. The van der Waals surface area contributed by atoms with Crippen molar-refractivity contribution in [2.45, 2.75) is 52.8 Å². The molecule has 1 aromatic rings. The zero-order valence-corrected chi connectivity index (χ0v) is 13.8. The molecular weight excluding hydrogens is 270 g/mol. The molecule has 0 saturated heterocycles. The summed E-state index contributed by atoms with van der Waals surface area (Å²) in [6.45, 7) is 10.8. The fourth-order valence-electron chi connectivity index (χ4n) is 2.01. The molecule has 0 radical (unpaired) electrons. The van der Waals surface area contributed by atoms with Gasteiger partial charge in [0.05, 0.1) is 31.2 Å². The first-order chi connectivity index (χ1) is 9.74. The Balaban J connectivity index is 2.69. The summed E-state index contributed by atoms with van der Waals surface area (Å²) in [6.07, 6.45) is 3.10. The number of carbonyl (C=O) groups is 1. The normalized spacial score (nSPS) is 13.3. The van der Waals surface area contributed by atoms with Crippen molar-refractivity contribution < 1.29 is 14.3 Å². The predicted molar refractivity (Wildman–Crippen MR) is 81.1 cm³/mol. The molecule has 1 unspecified atom stereocenters. The van der Waals surface area contributed by atoms with Gasteiger partial charge in [-0.1, -0.05) is 13.8 Å². The molecule has 0 saturated carbocycles. The first-order valence-corrected chi connectivity index (χ1v) is 7.21. The van der Waals surface area contributed by atoms with Crippen LogP contribution in [0.1, 0.15) is 46.4 Å². The van der Waals surface area contributed by atoms with Gasteiger partial charge in [-0.3, -0.25) is 0 Å². The lowest BCUT2D eigenvalue weighted by Gasteiger charge is -2.24. The lowest BCUT2D eigenvalue weighted by Crippen LogP contribution is -2.33. The van der Waals surface area contributed by atoms with Crippen LogP contribution in [0.3, 0.4) is 0 Å². The Morgan fingerprint density at radius 3 is 2.62 bits per heavy atom. The zero-order valence-electron chi connectivity index (χ0n) is 13.8. The fraction of sp³-hybridized carbons (Fsp3) is 0.733. The van der Waals surface area contributed by atoms with Gasteiger partial charge in [0, 0.05) is 13.3 Å². The second kappa shape index (κ2) is 7.45. The molecule has 1 rings (SSSR count). The van der Waals surface area contributed by atoms with Crippen molar-refractivity contribution in [2.75, 3.05) is 13.7 Å². The number of hydrogen-bond acceptors (Lipinski definition) is 4. The molecule has 1 amide bonds. The highest BCUT2D eigenvalue weighted by atomic mass is 16.6. The van der Waals surface area contributed by atoms with Crippen molar-refractivity contribution in [3.63, 3.8) is 0 Å². The van der Waals surface area contributed by atoms with Crippen LogP contribution in [-0.2, 0) is 16.0 Å². The van der Waals surface area contributed by atoms with Gasteiger partial charge in [-0.2, -0.15) is 0 Å². The number of nitrogens with zero attached hydrogens (tertiary/aromatic N) is 2. The summed E-state index contributed by atoms with van der Waals surface area (Å²) in [6, 6.07) is 0.188. The van der Waals surface area contributed by atoms with E-state index in [0.29, 0.717) is 19.1 Å². The third-order valence-electron chi connectivity index (χ3n) is 3.02. The van der Waals surface area contributed by atoms with E-state index in [4.69, 9.17) is 9.47 Å². The molecule has 0 spiro atoms. The predicted octanol–water partition coefficient (Wildman–Crippen LogP) is 2.75. The van der Waals surface area contributed by atoms with Gasteiger partial charge < -0.3 is 19.4 Å². The second-order valence-corrected chi connectivity index (χ2v) is 6.41. The molecule has 0 aliphatic carbocycles. The van der Waals surface area contributed by atoms with Crippen LogP contribution >= 0.6 is 0 Å². The van der Waals surface area contributed by atoms with Crippen molar-refractivity contribution in [3.05, 3.63) is 18.2 Å². The van der Waals surface area contributed by atoms with Gasteiger partial charge in [0.1, 0.15) is 5.60 Å². The van der Waals surface area contributed by atoms with Crippen molar-refractivity contribution in [1.82, 2.24) is 14.9 Å². The maximum Gasteiger partial charge on any atom is 0.407 e. The van der Waals surface area contributed by atoms with E-state index < -0.39 is 11.7 Å². The first kappa shape index (κ1) is 17.5. The van der Waals surface area contributed by atoms with Crippen LogP contribution in [0.4, 0.5) is 4.79 Å². The average molecular weight is 297 g/mol. The Hall–Kier alpha value is -1.56. The van der Waals surface area contributed by atoms with Gasteiger partial charge in [-0.15, -0.1) is 0 Å². The van der Waals surface area contributed by atoms with Crippen LogP contribution in [0, 0.1) is 5.92 Å². The Kier molecular flexibility index (Phi) is 6.20. The third-order valence-corrected chi connectivity index (χ3v) is 3.02. The highest BCUT2D eigenvalue weighted by molar-refractivity contribution is 5.67. The molecule has 0 fully saturated rings. The fourth-order valence-corrected chi connectivity index (χ4v) is 2.01. The summed E-state index contributed by atoms with van der Waals surface area (Å²) in [5.74, 6) is 0.402. The van der Waals surface area contributed by atoms with Crippen LogP contribution < -0.4 is 5.32 Å². The Bertz CT molecular complexity index is 449. The molecule has 1 N–H and O–H groups in total. The van der Waals surface area contributed by atoms with Gasteiger partial charge in [0.15, 0.2) is 0 Å². The monoisotopic (exact) mass is 297 g/mol. The maximum atomic E-state index is 11.7. The van der Waals surface area contributed by atoms with Gasteiger partial charge in [0.2, 0.25) is 0 Å². The van der Waals surface area contributed by atoms with E-state index in [1.807, 2.05) is 25.3 Å². The van der Waals surface area contributed by atoms with Crippen molar-refractivity contribution in [1.29, 1.82) is 0 Å². The van der Waals surface area contributed by atoms with Crippen molar-refractivity contribution >= 4 is 6.09 Å². The first-order valence-electron chi connectivity index (χ1n) is 7.21. The average Bonchev–Trinajstić information content (AvgIpc) is 2.78. The standard InChI is InChI=1S/C15H27N3O3/c1-11(2)13(9-20-6)18-10-16-7-12(18)8-17-14(19)21-15(3,4)5/h7,10-11,13H,8-9H2,1-6H3,(H,17,19). The topological polar surface area (TPSA) is 65.4 Å². The lowest BCUT2D eigenvalue weighted by atomic mass is 10.1. The number of carbonyl (C=O) groups excluding carboxylic acids is 1. The molecule has 6 nitrogen and oxygen atoms in total. The van der Waals surface area contributed by atoms with Crippen LogP contribution in [0.5, 0.6) is 0 Å². The van der Waals surface area contributed by atoms with E-state index in [1.54, 1.807) is 19.6 Å². The van der Waals surface area contributed by atoms with Gasteiger partial charge in [-0.25, -0.2) is 9.78 Å². The van der Waals surface area contributed by atoms with E-state index in [0.717, 1.165) is 5.69 Å². The van der Waals surface area contributed by atoms with Gasteiger partial charge in [0.25, 0.3) is 0 Å². The number of rotatable bonds is 6. The lowest BCUT2D eigenvalue weighted by molar-refractivity contribution is 0.0521. The number of imidazole rings is 1. The van der Waals surface area contributed by atoms with Crippen molar-refractivity contribution in [2.24, 2.45) is 5.92 Å². The van der Waals surface area contributed by atoms with Crippen LogP contribution in [0.2, 0.25) is 0 Å². The Labute approximate surface area is 126 Å². The van der Waals surface area contributed by atoms with E-state index in [2.05, 4.69) is 24.1 Å². The number of ether oxygens (including phenoxy) is 2. The molecule has 0 bridgehead atoms. The van der Waals surface area contributed by atoms with E-state index >= 15 is 0 Å². The number of amides is 1. The number of aromatic nitrogens is 2. The molecule has 1 aromatic heterocycles. The third kappa shape index (κ3) is 5.75. The summed E-state index contributed by atoms with van der Waals surface area (Å²) < 4.78 is 12.5. The highest BCUT2D eigenvalue weighted by Crippen LogP contribution is 2.20. The number of methoxy groups -OCH3 is 1. The van der Waals surface area contributed by atoms with Crippen LogP contribution in [-0.4, -0.2) is 35.0 Å². The van der Waals surface area contributed by atoms with Gasteiger partial charge in [-0.05, 0) is 26.7 Å². The molecule has 1 atom stereocenters. The highest BCUT2D eigenvalue weighted by Gasteiger charge is 2.19. The summed E-state index contributed by atoms with van der Waals surface area (Å²) in [5.41, 5.74) is 0.428. The summed E-state index contributed by atoms with van der Waals surface area (Å²) >= 11 is 0. The SMILES string of the molecule is COCC(C(C)C)n1cncc1CNC(=O)OC(C)(C)C. The number of nitrogens with one attached hydrogen (secondary N) is 1. The van der Waals surface area contributed by atoms with E-state index in [9.17, 15) is 4.79 Å². The zero-order chi connectivity index (χ0) is 16.0. The molecule has 0 aliphatic rings.